The van der Waals surface area contributed by atoms with Crippen molar-refractivity contribution in [1.82, 2.24) is 14.4 Å². The predicted octanol–water partition coefficient (Wildman–Crippen LogP) is 2.84. The molecule has 0 unspecified atom stereocenters. The molecule has 0 aromatic carbocycles. The number of fused-ring (bicyclic) bond motifs is 3. The van der Waals surface area contributed by atoms with Crippen LogP contribution in [0.1, 0.15) is 5.56 Å². The normalized spacial score (nSPS) is 11.3. The molecular weight excluding hydrogens is 210 g/mol. The lowest BCUT2D eigenvalue weighted by Crippen LogP contribution is -1.95. The molecule has 0 saturated carbocycles. The minimum Gasteiger partial charge on any atom is -0.311 e. The number of aryl methyl sites for hydroxylation is 1. The number of hydrogen-bond donors (Lipinski definition) is 0. The van der Waals surface area contributed by atoms with Gasteiger partial charge >= 0.3 is 0 Å². The van der Waals surface area contributed by atoms with Crippen molar-refractivity contribution in [2.45, 2.75) is 6.92 Å². The minimum atomic E-state index is 0.491. The average molecular weight is 218 g/mol. The van der Waals surface area contributed by atoms with Crippen molar-refractivity contribution in [3.8, 4) is 0 Å². The van der Waals surface area contributed by atoms with E-state index in [2.05, 4.69) is 9.97 Å². The maximum Gasteiger partial charge on any atom is 0.178 e. The highest BCUT2D eigenvalue weighted by atomic mass is 35.5. The molecular formula is C11H8ClN3. The van der Waals surface area contributed by atoms with Gasteiger partial charge in [-0.2, -0.15) is 0 Å². The maximum atomic E-state index is 6.06. The third-order valence-corrected chi connectivity index (χ3v) is 2.79. The van der Waals surface area contributed by atoms with Gasteiger partial charge < -0.3 is 4.40 Å². The summed E-state index contributed by atoms with van der Waals surface area (Å²) in [6.45, 7) is 2.04. The van der Waals surface area contributed by atoms with E-state index in [0.717, 1.165) is 16.6 Å². The zero-order valence-corrected chi connectivity index (χ0v) is 8.86. The van der Waals surface area contributed by atoms with Crippen LogP contribution in [0.4, 0.5) is 0 Å². The third-order valence-electron chi connectivity index (χ3n) is 2.51. The van der Waals surface area contributed by atoms with Gasteiger partial charge in [-0.1, -0.05) is 11.6 Å². The summed E-state index contributed by atoms with van der Waals surface area (Å²) < 4.78 is 2.02. The zero-order chi connectivity index (χ0) is 10.4. The molecule has 0 N–H and O–H groups in total. The number of halogens is 1. The van der Waals surface area contributed by atoms with Crippen molar-refractivity contribution in [3.63, 3.8) is 0 Å². The molecule has 0 atom stereocenters. The van der Waals surface area contributed by atoms with Gasteiger partial charge in [-0.25, -0.2) is 9.97 Å². The van der Waals surface area contributed by atoms with E-state index in [1.807, 2.05) is 35.7 Å². The van der Waals surface area contributed by atoms with Crippen molar-refractivity contribution in [2.75, 3.05) is 0 Å². The number of nitrogens with zero attached hydrogens (tertiary/aromatic N) is 3. The van der Waals surface area contributed by atoms with Gasteiger partial charge in [-0.05, 0) is 30.7 Å². The van der Waals surface area contributed by atoms with Crippen molar-refractivity contribution in [3.05, 3.63) is 41.3 Å². The second kappa shape index (κ2) is 2.94. The average Bonchev–Trinajstić information content (AvgIpc) is 2.66. The van der Waals surface area contributed by atoms with Crippen molar-refractivity contribution in [1.29, 1.82) is 0 Å². The molecule has 0 spiro atoms. The summed E-state index contributed by atoms with van der Waals surface area (Å²) in [5, 5.41) is 0.491. The summed E-state index contributed by atoms with van der Waals surface area (Å²) in [4.78, 5) is 8.49. The van der Waals surface area contributed by atoms with E-state index in [0.29, 0.717) is 10.8 Å². The lowest BCUT2D eigenvalue weighted by Gasteiger charge is -2.05. The highest BCUT2D eigenvalue weighted by Crippen LogP contribution is 2.22. The van der Waals surface area contributed by atoms with Crippen molar-refractivity contribution >= 4 is 28.3 Å². The molecule has 0 amide bonds. The van der Waals surface area contributed by atoms with Crippen LogP contribution in [0.25, 0.3) is 16.7 Å². The molecule has 3 rings (SSSR count). The Kier molecular flexibility index (Phi) is 1.70. The van der Waals surface area contributed by atoms with Gasteiger partial charge in [0.05, 0.1) is 11.0 Å². The molecule has 74 valence electrons. The Balaban J connectivity index is 2.68. The molecule has 4 heteroatoms. The van der Waals surface area contributed by atoms with E-state index in [1.165, 1.54) is 0 Å². The van der Waals surface area contributed by atoms with Crippen LogP contribution < -0.4 is 0 Å². The van der Waals surface area contributed by atoms with Crippen LogP contribution in [0.15, 0.2) is 30.6 Å². The summed E-state index contributed by atoms with van der Waals surface area (Å²) in [6.07, 6.45) is 3.72. The highest BCUT2D eigenvalue weighted by molar-refractivity contribution is 6.33. The van der Waals surface area contributed by atoms with Crippen LogP contribution >= 0.6 is 11.6 Å². The fraction of sp³-hybridized carbons (Fsp3) is 0.0909. The summed E-state index contributed by atoms with van der Waals surface area (Å²) in [5.74, 6) is 0. The standard InChI is InChI=1S/C11H8ClN3/c1-7-4-5-13-11-9(7)15-6-2-3-8(15)10(12)14-11/h2-6H,1H3. The van der Waals surface area contributed by atoms with Crippen LogP contribution in [0.3, 0.4) is 0 Å². The minimum absolute atomic E-state index is 0.491. The molecule has 0 radical (unpaired) electrons. The van der Waals surface area contributed by atoms with Gasteiger partial charge in [0, 0.05) is 12.4 Å². The number of hydrogen-bond acceptors (Lipinski definition) is 2. The van der Waals surface area contributed by atoms with Crippen LogP contribution in [0.2, 0.25) is 5.15 Å². The summed E-state index contributed by atoms with van der Waals surface area (Å²) in [7, 11) is 0. The maximum absolute atomic E-state index is 6.06. The summed E-state index contributed by atoms with van der Waals surface area (Å²) in [5.41, 5.74) is 3.76. The van der Waals surface area contributed by atoms with E-state index in [-0.39, 0.29) is 0 Å². The monoisotopic (exact) mass is 217 g/mol. The Morgan fingerprint density at radius 3 is 3.07 bits per heavy atom. The van der Waals surface area contributed by atoms with E-state index in [1.54, 1.807) is 6.20 Å². The molecule has 3 nitrogen and oxygen atoms in total. The third kappa shape index (κ3) is 1.13. The van der Waals surface area contributed by atoms with Gasteiger partial charge in [0.2, 0.25) is 0 Å². The SMILES string of the molecule is Cc1ccnc2nc(Cl)c3cccn3c12. The largest absolute Gasteiger partial charge is 0.311 e. The van der Waals surface area contributed by atoms with Gasteiger partial charge in [-0.3, -0.25) is 0 Å². The lowest BCUT2D eigenvalue weighted by atomic mass is 10.2. The zero-order valence-electron chi connectivity index (χ0n) is 8.11. The van der Waals surface area contributed by atoms with E-state index in [9.17, 15) is 0 Å². The smallest absolute Gasteiger partial charge is 0.178 e. The molecule has 3 heterocycles. The first-order valence-corrected chi connectivity index (χ1v) is 5.03. The first-order chi connectivity index (χ1) is 7.27. The topological polar surface area (TPSA) is 30.2 Å². The van der Waals surface area contributed by atoms with Crippen LogP contribution in [0, 0.1) is 6.92 Å². The fourth-order valence-electron chi connectivity index (χ4n) is 1.81. The first kappa shape index (κ1) is 8.68. The van der Waals surface area contributed by atoms with Crippen LogP contribution in [0.5, 0.6) is 0 Å². The lowest BCUT2D eigenvalue weighted by molar-refractivity contribution is 1.17. The number of rotatable bonds is 0. The Morgan fingerprint density at radius 2 is 2.20 bits per heavy atom. The molecule has 3 aromatic rings. The Morgan fingerprint density at radius 1 is 1.33 bits per heavy atom. The fourth-order valence-corrected chi connectivity index (χ4v) is 2.04. The van der Waals surface area contributed by atoms with Crippen LogP contribution in [-0.4, -0.2) is 14.4 Å². The van der Waals surface area contributed by atoms with Gasteiger partial charge in [0.15, 0.2) is 10.8 Å². The van der Waals surface area contributed by atoms with E-state index < -0.39 is 0 Å². The highest BCUT2D eigenvalue weighted by Gasteiger charge is 2.08. The Labute approximate surface area is 91.3 Å². The number of pyridine rings is 1. The van der Waals surface area contributed by atoms with E-state index >= 15 is 0 Å². The van der Waals surface area contributed by atoms with Gasteiger partial charge in [0.25, 0.3) is 0 Å². The predicted molar refractivity (Wildman–Crippen MR) is 60.2 cm³/mol. The molecule has 0 bridgehead atoms. The molecule has 0 aliphatic rings. The molecule has 0 fully saturated rings. The molecule has 0 aliphatic carbocycles. The van der Waals surface area contributed by atoms with E-state index in [4.69, 9.17) is 11.6 Å². The second-order valence-electron chi connectivity index (χ2n) is 3.47. The second-order valence-corrected chi connectivity index (χ2v) is 3.82. The molecule has 0 saturated heterocycles. The van der Waals surface area contributed by atoms with Crippen LogP contribution in [-0.2, 0) is 0 Å². The molecule has 3 aromatic heterocycles. The summed E-state index contributed by atoms with van der Waals surface area (Å²) >= 11 is 6.06. The number of aromatic nitrogens is 3. The van der Waals surface area contributed by atoms with Gasteiger partial charge in [0.1, 0.15) is 0 Å². The Bertz CT molecular complexity index is 657. The van der Waals surface area contributed by atoms with Crippen molar-refractivity contribution < 1.29 is 0 Å². The molecule has 0 aliphatic heterocycles. The van der Waals surface area contributed by atoms with Crippen molar-refractivity contribution in [2.24, 2.45) is 0 Å². The Hall–Kier alpha value is -1.61. The first-order valence-electron chi connectivity index (χ1n) is 4.65. The molecule has 15 heavy (non-hydrogen) atoms. The van der Waals surface area contributed by atoms with Gasteiger partial charge in [-0.15, -0.1) is 0 Å². The quantitative estimate of drug-likeness (QED) is 0.580. The summed E-state index contributed by atoms with van der Waals surface area (Å²) in [6, 6.07) is 5.87.